The van der Waals surface area contributed by atoms with Crippen molar-refractivity contribution in [2.75, 3.05) is 37.1 Å². The van der Waals surface area contributed by atoms with Gasteiger partial charge in [-0.15, -0.1) is 0 Å². The Morgan fingerprint density at radius 3 is 2.43 bits per heavy atom. The first-order valence-corrected chi connectivity index (χ1v) is 34.2. The molecule has 0 unspecified atom stereocenters. The molecule has 10 atom stereocenters. The minimum absolute atomic E-state index is 0.0204. The van der Waals surface area contributed by atoms with Gasteiger partial charge in [-0.25, -0.2) is 0 Å². The number of fused-ring (bicyclic) bond motifs is 11. The van der Waals surface area contributed by atoms with Crippen molar-refractivity contribution in [3.8, 4) is 29.1 Å². The predicted molar refractivity (Wildman–Crippen MR) is 330 cm³/mol. The number of carbonyl (C=O) groups excluding carboxylic acids is 2. The van der Waals surface area contributed by atoms with E-state index in [0.717, 1.165) is 64.9 Å². The van der Waals surface area contributed by atoms with Gasteiger partial charge in [-0.05, 0) is 168 Å². The van der Waals surface area contributed by atoms with Crippen LogP contribution in [0.25, 0.3) is 0 Å². The Bertz CT molecular complexity index is 3250. The molecule has 1 spiro atoms. The average molecular weight is 1180 g/mol. The Kier molecular flexibility index (Phi) is 18.4. The van der Waals surface area contributed by atoms with Gasteiger partial charge >= 0.3 is 0 Å². The average Bonchev–Trinajstić information content (AvgIpc) is 4.06. The molecule has 82 heavy (non-hydrogen) atoms. The molecule has 0 amide bonds. The minimum Gasteiger partial charge on any atom is -0.508 e. The molecule has 5 aromatic rings. The number of aromatic nitrogens is 1. The molecule has 13 bridgehead atoms. The van der Waals surface area contributed by atoms with E-state index in [1.54, 1.807) is 79.7 Å². The number of nitrogens with one attached hydrogen (secondary N) is 1. The molecule has 11 N–H and O–H groups in total. The first-order chi connectivity index (χ1) is 39.6. The molecule has 4 aromatic carbocycles. The number of aryl methyl sites for hydroxylation is 1. The smallest absolute Gasteiger partial charge is 0.165 e. The minimum atomic E-state index is -1.24. The van der Waals surface area contributed by atoms with E-state index in [1.165, 1.54) is 11.1 Å². The van der Waals surface area contributed by atoms with Crippen molar-refractivity contribution in [1.29, 1.82) is 0 Å². The summed E-state index contributed by atoms with van der Waals surface area (Å²) in [7, 11) is 6.86. The van der Waals surface area contributed by atoms with Crippen LogP contribution in [0.4, 0.5) is 0 Å². The molecule has 2 aliphatic heterocycles. The van der Waals surface area contributed by atoms with E-state index in [4.69, 9.17) is 16.2 Å². The van der Waals surface area contributed by atoms with Gasteiger partial charge in [0, 0.05) is 82.7 Å². The van der Waals surface area contributed by atoms with Crippen LogP contribution < -0.4 is 16.2 Å². The summed E-state index contributed by atoms with van der Waals surface area (Å²) in [5.74, 6) is 9.10. The van der Waals surface area contributed by atoms with Crippen molar-refractivity contribution in [3.05, 3.63) is 159 Å². The largest absolute Gasteiger partial charge is 0.508 e. The van der Waals surface area contributed by atoms with Gasteiger partial charge < -0.3 is 51.8 Å². The number of phenols is 2. The number of H-pyrrole nitrogens is 1. The second-order valence-electron chi connectivity index (χ2n) is 24.4. The van der Waals surface area contributed by atoms with Gasteiger partial charge in [0.2, 0.25) is 0 Å². The second kappa shape index (κ2) is 25.5. The summed E-state index contributed by atoms with van der Waals surface area (Å²) in [4.78, 5) is 31.9. The molecule has 6 aliphatic rings. The monoisotopic (exact) mass is 1180 g/mol. The summed E-state index contributed by atoms with van der Waals surface area (Å²) in [5.41, 5.74) is 19.4. The van der Waals surface area contributed by atoms with Crippen molar-refractivity contribution in [2.24, 2.45) is 46.5 Å². The van der Waals surface area contributed by atoms with Crippen molar-refractivity contribution in [3.63, 3.8) is 0 Å². The van der Waals surface area contributed by atoms with E-state index in [2.05, 4.69) is 53.2 Å². The number of aliphatic hydroxyl groups excluding tert-OH is 2. The Morgan fingerprint density at radius 2 is 1.60 bits per heavy atom. The van der Waals surface area contributed by atoms with Crippen molar-refractivity contribution in [2.45, 2.75) is 125 Å². The van der Waals surface area contributed by atoms with Gasteiger partial charge in [0.1, 0.15) is 5.75 Å². The van der Waals surface area contributed by atoms with E-state index < -0.39 is 28.7 Å². The summed E-state index contributed by atoms with van der Waals surface area (Å²) >= 11 is 0. The summed E-state index contributed by atoms with van der Waals surface area (Å²) in [5, 5.41) is 70.4. The maximum atomic E-state index is 14.4. The van der Waals surface area contributed by atoms with Gasteiger partial charge in [-0.2, -0.15) is 0 Å². The van der Waals surface area contributed by atoms with Crippen molar-refractivity contribution < 1.29 is 45.0 Å². The fraction of sp³-hybridized carbons (Fsp3) is 0.485. The number of hydrogen-bond donors (Lipinski definition) is 9. The standard InChI is InChI=1S/C66H77N3O9S4/c67-63(68)53-28-43-6-3-9-58-50(18-23-69-58)61(75)30-54-51(43)29-45(53)34-79-80-35-46-32-64(22-17-47(72)13-10-40-12-15-60(74)62(26-40)78-24-19-41-11-14-59(73)55(54)25-41)21-16-44-31-65(76,38-71)20-4-8-49-52(44)27-42-5-1-2-7-48(42)56(33-70)57(49)36-81-82-39-66(46,77)37-64/h1-2,5,7,11-12,14-15,17-18,22-23,25-26,28-29,44,46,49,52,54,56-57,63,69-71,73-74,76-77H,4,8-10,13,16,19-21,24,27,30-39,67-68H2/b22-17+/t44-,46+,49+,52-,54-,56+,57-,64+,65+,66+/m1/s1. The topological polar surface area (TPSA) is 233 Å². The number of carbonyl (C=O) groups is 2. The highest BCUT2D eigenvalue weighted by atomic mass is 33.1. The summed E-state index contributed by atoms with van der Waals surface area (Å²) in [6, 6.07) is 25.0. The predicted octanol–water partition coefficient (Wildman–Crippen LogP) is 10.6. The molecule has 16 heteroatoms. The maximum Gasteiger partial charge on any atom is 0.165 e. The van der Waals surface area contributed by atoms with Gasteiger partial charge in [-0.1, -0.05) is 116 Å². The summed E-state index contributed by atoms with van der Waals surface area (Å²) in [6.45, 7) is -0.0810. The third kappa shape index (κ3) is 12.8. The van der Waals surface area contributed by atoms with Gasteiger partial charge in [0.15, 0.2) is 23.1 Å². The summed E-state index contributed by atoms with van der Waals surface area (Å²) < 4.78 is 6.24. The number of aliphatic hydroxyl groups is 4. The van der Waals surface area contributed by atoms with Crippen LogP contribution in [0.15, 0.2) is 97.2 Å². The van der Waals surface area contributed by atoms with E-state index in [-0.39, 0.29) is 91.2 Å². The van der Waals surface area contributed by atoms with E-state index in [1.807, 2.05) is 24.3 Å². The molecule has 1 aromatic heterocycles. The number of phenolic OH excluding ortho intramolecular Hbond substituents is 2. The van der Waals surface area contributed by atoms with Crippen LogP contribution in [0.5, 0.6) is 17.2 Å². The molecule has 12 nitrogen and oxygen atoms in total. The van der Waals surface area contributed by atoms with E-state index >= 15 is 0 Å². The van der Waals surface area contributed by atoms with Crippen LogP contribution in [0.3, 0.4) is 0 Å². The first kappa shape index (κ1) is 59.1. The highest BCUT2D eigenvalue weighted by Gasteiger charge is 2.54. The van der Waals surface area contributed by atoms with Crippen molar-refractivity contribution in [1.82, 2.24) is 4.98 Å². The van der Waals surface area contributed by atoms with Crippen LogP contribution in [0.1, 0.15) is 148 Å². The Labute approximate surface area is 497 Å². The lowest BCUT2D eigenvalue weighted by Crippen LogP contribution is -2.43. The molecule has 2 saturated carbocycles. The number of Topliss-reactive ketones (excluding diaryl/α,β-unsaturated/α-hetero) is 1. The molecular weight excluding hydrogens is 1110 g/mol. The number of aromatic hydroxyl groups is 2. The lowest BCUT2D eigenvalue weighted by Gasteiger charge is -2.44. The Balaban J connectivity index is 0.973. The van der Waals surface area contributed by atoms with Crippen LogP contribution in [-0.2, 0) is 36.2 Å². The zero-order valence-corrected chi connectivity index (χ0v) is 49.7. The molecule has 3 heterocycles. The van der Waals surface area contributed by atoms with Crippen LogP contribution >= 0.6 is 43.2 Å². The lowest BCUT2D eigenvalue weighted by molar-refractivity contribution is -0.114. The third-order valence-corrected chi connectivity index (χ3v) is 24.2. The number of hydrogen-bond acceptors (Lipinski definition) is 15. The molecule has 0 radical (unpaired) electrons. The van der Waals surface area contributed by atoms with Crippen LogP contribution in [0, 0.1) is 46.8 Å². The summed E-state index contributed by atoms with van der Waals surface area (Å²) in [6.07, 6.45) is 12.2. The normalized spacial score (nSPS) is 30.5. The van der Waals surface area contributed by atoms with Gasteiger partial charge in [-0.3, -0.25) is 9.59 Å². The van der Waals surface area contributed by atoms with E-state index in [0.29, 0.717) is 91.1 Å². The molecule has 1 saturated heterocycles. The molecule has 3 fully saturated rings. The van der Waals surface area contributed by atoms with Crippen LogP contribution in [0.2, 0.25) is 0 Å². The number of nitrogens with two attached hydrogens (primary N) is 2. The second-order valence-corrected chi connectivity index (χ2v) is 29.4. The number of ketones is 2. The number of benzene rings is 4. The number of ether oxygens (including phenoxy) is 1. The van der Waals surface area contributed by atoms with Gasteiger partial charge in [0.25, 0.3) is 0 Å². The zero-order valence-electron chi connectivity index (χ0n) is 46.4. The Morgan fingerprint density at radius 1 is 0.780 bits per heavy atom. The third-order valence-electron chi connectivity index (χ3n) is 19.2. The number of allylic oxidation sites excluding steroid dienone is 2. The molecule has 11 rings (SSSR count). The first-order valence-electron chi connectivity index (χ1n) is 29.2. The SMILES string of the molecule is NC(N)c1cc2c3cc1CSSC[C@@H]1C[C@@]4(/C=C/C(=O)CCc5ccc(O)c(c5)OCCc5ccc(O)c(c5)[C@@H]3CC(=O)c3cc[nH]c3CC#C2)CC[C@@H]2C[C@](O)(CO)CCC[C@H]3[C@@H]2Cc2ccccc2[C@H](CO)[C@@H]3CSSC[C@@]1(O)C4. The fourth-order valence-electron chi connectivity index (χ4n) is 14.9. The maximum absolute atomic E-state index is 14.4. The lowest BCUT2D eigenvalue weighted by atomic mass is 9.63. The zero-order chi connectivity index (χ0) is 57.2. The molecular formula is C66H77N3O9S4. The molecule has 434 valence electrons. The number of aromatic amines is 1. The van der Waals surface area contributed by atoms with E-state index in [9.17, 15) is 40.2 Å². The highest BCUT2D eigenvalue weighted by Crippen LogP contribution is 2.59. The molecule has 4 aliphatic carbocycles. The van der Waals surface area contributed by atoms with Crippen LogP contribution in [-0.4, -0.2) is 95.5 Å². The van der Waals surface area contributed by atoms with Gasteiger partial charge in [0.05, 0.1) is 43.6 Å². The highest BCUT2D eigenvalue weighted by molar-refractivity contribution is 8.77. The van der Waals surface area contributed by atoms with Crippen molar-refractivity contribution >= 4 is 54.7 Å². The fourth-order valence-corrected chi connectivity index (χ4v) is 20.4. The Hall–Kier alpha value is -4.64. The quantitative estimate of drug-likeness (QED) is 0.0465. The number of rotatable bonds is 3.